The van der Waals surface area contributed by atoms with E-state index in [1.54, 1.807) is 6.20 Å². The number of hydrogen-bond acceptors (Lipinski definition) is 6. The number of aromatic amines is 1. The summed E-state index contributed by atoms with van der Waals surface area (Å²) in [5.41, 5.74) is 9.23. The Balaban J connectivity index is 1.23. The molecule has 1 amide bonds. The van der Waals surface area contributed by atoms with Crippen LogP contribution in [0.5, 0.6) is 0 Å². The Morgan fingerprint density at radius 2 is 1.97 bits per heavy atom. The van der Waals surface area contributed by atoms with Crippen molar-refractivity contribution >= 4 is 35.1 Å². The van der Waals surface area contributed by atoms with E-state index in [2.05, 4.69) is 62.7 Å². The fourth-order valence-corrected chi connectivity index (χ4v) is 5.99. The third-order valence-corrected chi connectivity index (χ3v) is 8.17. The van der Waals surface area contributed by atoms with Crippen molar-refractivity contribution in [3.05, 3.63) is 71.2 Å². The van der Waals surface area contributed by atoms with Crippen molar-refractivity contribution in [3.8, 4) is 11.1 Å². The smallest absolute Gasteiger partial charge is 0.227 e. The molecule has 3 aromatic rings. The number of H-pyrrole nitrogens is 1. The van der Waals surface area contributed by atoms with Gasteiger partial charge in [0.05, 0.1) is 35.0 Å². The summed E-state index contributed by atoms with van der Waals surface area (Å²) in [6.07, 6.45) is 15.0. The first-order chi connectivity index (χ1) is 18.6. The van der Waals surface area contributed by atoms with Crippen LogP contribution in [0.3, 0.4) is 0 Å². The predicted octanol–water partition coefficient (Wildman–Crippen LogP) is 5.29. The molecule has 2 unspecified atom stereocenters. The summed E-state index contributed by atoms with van der Waals surface area (Å²) in [5.74, 6) is 1.07. The van der Waals surface area contributed by atoms with Crippen LogP contribution in [0.4, 0.5) is 11.4 Å². The number of allylic oxidation sites excluding steroid dienone is 1. The second-order valence-electron chi connectivity index (χ2n) is 10.7. The monoisotopic (exact) mass is 505 g/mol. The van der Waals surface area contributed by atoms with Crippen LogP contribution in [0.2, 0.25) is 0 Å². The van der Waals surface area contributed by atoms with Crippen LogP contribution in [-0.4, -0.2) is 40.3 Å². The topological polar surface area (TPSA) is 108 Å². The third-order valence-electron chi connectivity index (χ3n) is 8.17. The Labute approximate surface area is 222 Å². The fourth-order valence-electron chi connectivity index (χ4n) is 5.99. The Morgan fingerprint density at radius 1 is 1.11 bits per heavy atom. The fraction of sp³-hybridized carbons (Fsp3) is 0.333. The van der Waals surface area contributed by atoms with Crippen LogP contribution >= 0.6 is 0 Å². The van der Waals surface area contributed by atoms with Gasteiger partial charge in [0.15, 0.2) is 0 Å². The van der Waals surface area contributed by atoms with Gasteiger partial charge in [-0.15, -0.1) is 0 Å². The van der Waals surface area contributed by atoms with Crippen LogP contribution in [0, 0.1) is 5.92 Å². The molecule has 8 nitrogen and oxygen atoms in total. The summed E-state index contributed by atoms with van der Waals surface area (Å²) >= 11 is 0. The van der Waals surface area contributed by atoms with Gasteiger partial charge in [-0.05, 0) is 55.7 Å². The zero-order chi connectivity index (χ0) is 25.8. The van der Waals surface area contributed by atoms with Crippen molar-refractivity contribution < 1.29 is 4.79 Å². The molecule has 0 bridgehead atoms. The van der Waals surface area contributed by atoms with Crippen molar-refractivity contribution in [1.82, 2.24) is 20.3 Å². The lowest BCUT2D eigenvalue weighted by Gasteiger charge is -2.25. The van der Waals surface area contributed by atoms with Crippen molar-refractivity contribution in [1.29, 1.82) is 0 Å². The maximum atomic E-state index is 12.8. The third kappa shape index (κ3) is 3.91. The molecule has 0 radical (unpaired) electrons. The van der Waals surface area contributed by atoms with Crippen LogP contribution in [0.25, 0.3) is 22.8 Å². The van der Waals surface area contributed by atoms with Crippen molar-refractivity contribution in [2.24, 2.45) is 10.9 Å². The Hall–Kier alpha value is -4.20. The summed E-state index contributed by atoms with van der Waals surface area (Å²) < 4.78 is 0. The number of hydrogen-bond donors (Lipinski definition) is 3. The largest absolute Gasteiger partial charge is 0.360 e. The highest BCUT2D eigenvalue weighted by Gasteiger charge is 2.43. The van der Waals surface area contributed by atoms with Gasteiger partial charge in [0, 0.05) is 47.8 Å². The number of carbonyl (C=O) groups excluding carboxylic acids is 1. The molecule has 1 aromatic carbocycles. The SMILES string of the molecule is CC1N=CC=Cc2nc(C3=C4NC4N(C)c4ccc(-c5cncc(NC(=O)C6CCCCC6)c5)cc43)[nH]c21. The molecule has 3 N–H and O–H groups in total. The van der Waals surface area contributed by atoms with Gasteiger partial charge >= 0.3 is 0 Å². The molecule has 192 valence electrons. The highest BCUT2D eigenvalue weighted by molar-refractivity contribution is 5.95. The van der Waals surface area contributed by atoms with E-state index in [1.165, 1.54) is 12.1 Å². The van der Waals surface area contributed by atoms with E-state index in [1.807, 2.05) is 30.6 Å². The number of rotatable bonds is 4. The van der Waals surface area contributed by atoms with Crippen LogP contribution < -0.4 is 15.5 Å². The number of nitrogens with one attached hydrogen (secondary N) is 3. The van der Waals surface area contributed by atoms with Gasteiger partial charge < -0.3 is 20.5 Å². The molecule has 5 heterocycles. The lowest BCUT2D eigenvalue weighted by Crippen LogP contribution is -2.26. The molecule has 1 saturated carbocycles. The summed E-state index contributed by atoms with van der Waals surface area (Å²) in [5, 5.41) is 6.65. The summed E-state index contributed by atoms with van der Waals surface area (Å²) in [4.78, 5) is 32.7. The minimum Gasteiger partial charge on any atom is -0.360 e. The second-order valence-corrected chi connectivity index (χ2v) is 10.7. The molecule has 0 spiro atoms. The first kappa shape index (κ1) is 23.0. The quantitative estimate of drug-likeness (QED) is 0.418. The van der Waals surface area contributed by atoms with Gasteiger partial charge in [-0.25, -0.2) is 4.98 Å². The molecule has 4 aliphatic rings. The standard InChI is InChI=1S/C30H31N7O/c1-17-26-23(9-6-12-32-17)34-28(35-26)25-22-14-19(10-11-24(22)37(2)29-27(25)36-29)20-13-21(16-31-15-20)33-30(38)18-7-4-3-5-8-18/h6,9-18,29,36H,3-5,7-8H2,1-2H3,(H,33,38)(H,34,35). The average Bonchev–Trinajstić information content (AvgIpc) is 3.67. The van der Waals surface area contributed by atoms with E-state index in [4.69, 9.17) is 4.98 Å². The highest BCUT2D eigenvalue weighted by Crippen LogP contribution is 2.46. The molecule has 1 aliphatic carbocycles. The molecule has 8 heteroatoms. The Kier molecular flexibility index (Phi) is 5.42. The minimum absolute atomic E-state index is 0.0181. The summed E-state index contributed by atoms with van der Waals surface area (Å²) in [7, 11) is 2.11. The maximum Gasteiger partial charge on any atom is 0.227 e. The van der Waals surface area contributed by atoms with Gasteiger partial charge in [0.1, 0.15) is 12.0 Å². The first-order valence-electron chi connectivity index (χ1n) is 13.5. The number of amides is 1. The number of anilines is 2. The number of aliphatic imine (C=N–C) groups is 1. The number of aromatic nitrogens is 3. The molecule has 7 rings (SSSR count). The lowest BCUT2D eigenvalue weighted by atomic mass is 9.88. The van der Waals surface area contributed by atoms with Crippen molar-refractivity contribution in [2.75, 3.05) is 17.3 Å². The number of fused-ring (bicyclic) bond motifs is 3. The molecule has 1 saturated heterocycles. The van der Waals surface area contributed by atoms with E-state index < -0.39 is 0 Å². The molecular weight excluding hydrogens is 474 g/mol. The summed E-state index contributed by atoms with van der Waals surface area (Å²) in [6.45, 7) is 2.08. The van der Waals surface area contributed by atoms with Gasteiger partial charge in [-0.3, -0.25) is 14.8 Å². The lowest BCUT2D eigenvalue weighted by molar-refractivity contribution is -0.120. The van der Waals surface area contributed by atoms with E-state index in [-0.39, 0.29) is 24.0 Å². The normalized spacial score (nSPS) is 21.8. The Morgan fingerprint density at radius 3 is 2.84 bits per heavy atom. The predicted molar refractivity (Wildman–Crippen MR) is 151 cm³/mol. The van der Waals surface area contributed by atoms with Gasteiger partial charge in [0.25, 0.3) is 0 Å². The van der Waals surface area contributed by atoms with Crippen LogP contribution in [0.1, 0.15) is 67.8 Å². The first-order valence-corrected chi connectivity index (χ1v) is 13.5. The zero-order valence-corrected chi connectivity index (χ0v) is 21.7. The number of imidazole rings is 1. The maximum absolute atomic E-state index is 12.8. The number of carbonyl (C=O) groups is 1. The molecule has 2 aromatic heterocycles. The Bertz CT molecular complexity index is 1530. The number of pyridine rings is 1. The van der Waals surface area contributed by atoms with E-state index in [9.17, 15) is 4.79 Å². The highest BCUT2D eigenvalue weighted by atomic mass is 16.1. The number of likely N-dealkylation sites (N-methyl/N-ethyl adjacent to an activating group) is 1. The van der Waals surface area contributed by atoms with Crippen LogP contribution in [-0.2, 0) is 4.79 Å². The van der Waals surface area contributed by atoms with Crippen molar-refractivity contribution in [2.45, 2.75) is 51.2 Å². The van der Waals surface area contributed by atoms with E-state index in [0.29, 0.717) is 0 Å². The second kappa shape index (κ2) is 8.97. The van der Waals surface area contributed by atoms with Gasteiger partial charge in [0.2, 0.25) is 5.91 Å². The molecule has 2 fully saturated rings. The molecule has 3 aliphatic heterocycles. The number of benzene rings is 1. The molecule has 38 heavy (non-hydrogen) atoms. The van der Waals surface area contributed by atoms with Crippen molar-refractivity contribution in [3.63, 3.8) is 0 Å². The molecule has 2 atom stereocenters. The number of nitrogens with zero attached hydrogens (tertiary/aromatic N) is 4. The molecular formula is C30H31N7O. The van der Waals surface area contributed by atoms with Gasteiger partial charge in [-0.1, -0.05) is 25.3 Å². The van der Waals surface area contributed by atoms with E-state index >= 15 is 0 Å². The van der Waals surface area contributed by atoms with E-state index in [0.717, 1.165) is 76.5 Å². The average molecular weight is 506 g/mol. The van der Waals surface area contributed by atoms with Crippen LogP contribution in [0.15, 0.2) is 53.4 Å². The summed E-state index contributed by atoms with van der Waals surface area (Å²) in [6, 6.07) is 8.53. The minimum atomic E-state index is 0.0181. The van der Waals surface area contributed by atoms with Gasteiger partial charge in [-0.2, -0.15) is 0 Å². The zero-order valence-electron chi connectivity index (χ0n) is 21.7.